The van der Waals surface area contributed by atoms with Gasteiger partial charge in [0.1, 0.15) is 6.04 Å². The molecule has 10 heteroatoms. The topological polar surface area (TPSA) is 105 Å². The summed E-state index contributed by atoms with van der Waals surface area (Å²) in [6, 6.07) is 9.02. The molecule has 0 radical (unpaired) electrons. The first-order valence-corrected chi connectivity index (χ1v) is 10.4. The van der Waals surface area contributed by atoms with E-state index in [2.05, 4.69) is 5.32 Å². The van der Waals surface area contributed by atoms with Crippen molar-refractivity contribution in [2.75, 3.05) is 26.3 Å². The Labute approximate surface area is 187 Å². The largest absolute Gasteiger partial charge is 0.480 e. The molecule has 1 spiro atoms. The Morgan fingerprint density at radius 2 is 1.76 bits per heavy atom. The van der Waals surface area contributed by atoms with Crippen molar-refractivity contribution < 1.29 is 37.7 Å². The molecule has 1 atom stereocenters. The van der Waals surface area contributed by atoms with Crippen LogP contribution in [0, 0.1) is 0 Å². The molecule has 2 aromatic carbocycles. The van der Waals surface area contributed by atoms with Crippen LogP contribution >= 0.6 is 0 Å². The second-order valence-electron chi connectivity index (χ2n) is 8.25. The Morgan fingerprint density at radius 3 is 2.48 bits per heavy atom. The highest BCUT2D eigenvalue weighted by molar-refractivity contribution is 5.98. The number of carboxylic acids is 1. The molecule has 5 rings (SSSR count). The number of likely N-dealkylation sites (tertiary alicyclic amines) is 1. The number of alkyl halides is 2. The Hall–Kier alpha value is -3.37. The summed E-state index contributed by atoms with van der Waals surface area (Å²) >= 11 is 0. The van der Waals surface area contributed by atoms with Crippen LogP contribution in [0.2, 0.25) is 0 Å². The fourth-order valence-electron chi connectivity index (χ4n) is 4.70. The molecule has 8 nitrogen and oxygen atoms in total. The first kappa shape index (κ1) is 21.5. The van der Waals surface area contributed by atoms with E-state index in [9.17, 15) is 28.3 Å². The van der Waals surface area contributed by atoms with Crippen LogP contribution in [0.4, 0.5) is 8.78 Å². The molecule has 2 heterocycles. The van der Waals surface area contributed by atoms with Gasteiger partial charge in [0.05, 0.1) is 26.3 Å². The lowest BCUT2D eigenvalue weighted by atomic mass is 10.0. The van der Waals surface area contributed by atoms with Crippen molar-refractivity contribution in [3.63, 3.8) is 0 Å². The first-order valence-electron chi connectivity index (χ1n) is 10.4. The van der Waals surface area contributed by atoms with Gasteiger partial charge in [0.15, 0.2) is 5.79 Å². The van der Waals surface area contributed by atoms with Gasteiger partial charge in [-0.15, -0.1) is 0 Å². The molecule has 2 N–H and O–H groups in total. The minimum absolute atomic E-state index is 0.0114. The highest BCUT2D eigenvalue weighted by Crippen LogP contribution is 2.50. The van der Waals surface area contributed by atoms with Gasteiger partial charge in [-0.3, -0.25) is 9.59 Å². The van der Waals surface area contributed by atoms with E-state index in [1.54, 1.807) is 12.1 Å². The fourth-order valence-corrected chi connectivity index (χ4v) is 4.70. The van der Waals surface area contributed by atoms with Gasteiger partial charge in [-0.2, -0.15) is 8.78 Å². The Balaban J connectivity index is 1.30. The quantitative estimate of drug-likeness (QED) is 0.726. The summed E-state index contributed by atoms with van der Waals surface area (Å²) in [4.78, 5) is 38.0. The zero-order valence-corrected chi connectivity index (χ0v) is 17.3. The smallest absolute Gasteiger partial charge is 0.326 e. The molecule has 2 saturated heterocycles. The van der Waals surface area contributed by atoms with Gasteiger partial charge in [-0.1, -0.05) is 30.3 Å². The molecular weight excluding hydrogens is 438 g/mol. The average molecular weight is 458 g/mol. The maximum atomic E-state index is 14.9. The van der Waals surface area contributed by atoms with Crippen molar-refractivity contribution in [2.45, 2.75) is 24.2 Å². The number of nitrogens with one attached hydrogen (secondary N) is 1. The standard InChI is InChI=1S/C23H20F2N2O6/c24-23(25)16-4-2-1-3-14(16)15-6-5-13(9-17(15)23)20(29)26-11-19(28)27-12-22(32-7-8-33-22)10-18(27)21(30)31/h1-6,9,18H,7-8,10-12H2,(H,26,29)(H,30,31)/t18-/m0/s1. The number of rotatable bonds is 4. The molecule has 33 heavy (non-hydrogen) atoms. The SMILES string of the molecule is O=C(NCC(=O)N1CC2(C[C@H]1C(=O)O)OCCO2)c1ccc2c(c1)C(F)(F)c1ccccc1-2. The number of nitrogens with zero attached hydrogens (tertiary/aromatic N) is 1. The predicted octanol–water partition coefficient (Wildman–Crippen LogP) is 1.97. The zero-order valence-electron chi connectivity index (χ0n) is 17.3. The number of halogens is 2. The molecule has 2 aromatic rings. The number of carbonyl (C=O) groups excluding carboxylic acids is 2. The third-order valence-electron chi connectivity index (χ3n) is 6.29. The van der Waals surface area contributed by atoms with Crippen LogP contribution in [0.5, 0.6) is 0 Å². The van der Waals surface area contributed by atoms with Crippen molar-refractivity contribution in [1.82, 2.24) is 10.2 Å². The highest BCUT2D eigenvalue weighted by atomic mass is 19.3. The molecule has 0 unspecified atom stereocenters. The molecule has 2 fully saturated rings. The van der Waals surface area contributed by atoms with Crippen LogP contribution in [0.25, 0.3) is 11.1 Å². The predicted molar refractivity (Wildman–Crippen MR) is 110 cm³/mol. The lowest BCUT2D eigenvalue weighted by Gasteiger charge is -2.23. The number of hydrogen-bond donors (Lipinski definition) is 2. The second-order valence-corrected chi connectivity index (χ2v) is 8.25. The van der Waals surface area contributed by atoms with Gasteiger partial charge < -0.3 is 24.8 Å². The van der Waals surface area contributed by atoms with Crippen molar-refractivity contribution >= 4 is 17.8 Å². The Morgan fingerprint density at radius 1 is 1.06 bits per heavy atom. The number of amides is 2. The Bertz CT molecular complexity index is 1160. The first-order chi connectivity index (χ1) is 15.7. The van der Waals surface area contributed by atoms with Crippen LogP contribution in [-0.4, -0.2) is 65.9 Å². The van der Waals surface area contributed by atoms with Crippen LogP contribution in [0.3, 0.4) is 0 Å². The summed E-state index contributed by atoms with van der Waals surface area (Å²) in [5.74, 6) is -6.94. The lowest BCUT2D eigenvalue weighted by Crippen LogP contribution is -2.46. The van der Waals surface area contributed by atoms with Gasteiger partial charge >= 0.3 is 5.97 Å². The van der Waals surface area contributed by atoms with Crippen LogP contribution < -0.4 is 5.32 Å². The number of ether oxygens (including phenoxy) is 2. The minimum Gasteiger partial charge on any atom is -0.480 e. The van der Waals surface area contributed by atoms with Crippen molar-refractivity contribution in [1.29, 1.82) is 0 Å². The number of benzene rings is 2. The van der Waals surface area contributed by atoms with E-state index in [1.165, 1.54) is 24.3 Å². The van der Waals surface area contributed by atoms with Crippen molar-refractivity contribution in [2.24, 2.45) is 0 Å². The third-order valence-corrected chi connectivity index (χ3v) is 6.29. The molecule has 2 aliphatic heterocycles. The van der Waals surface area contributed by atoms with E-state index >= 15 is 0 Å². The summed E-state index contributed by atoms with van der Waals surface area (Å²) < 4.78 is 40.8. The molecule has 0 aromatic heterocycles. The lowest BCUT2D eigenvalue weighted by molar-refractivity contribution is -0.152. The summed E-state index contributed by atoms with van der Waals surface area (Å²) in [5, 5.41) is 11.9. The normalized spacial score (nSPS) is 21.6. The van der Waals surface area contributed by atoms with Gasteiger partial charge in [0, 0.05) is 23.1 Å². The molecule has 3 aliphatic rings. The van der Waals surface area contributed by atoms with Crippen LogP contribution in [0.1, 0.15) is 27.9 Å². The molecule has 172 valence electrons. The van der Waals surface area contributed by atoms with Crippen molar-refractivity contribution in [3.05, 3.63) is 59.2 Å². The second kappa shape index (κ2) is 7.60. The van der Waals surface area contributed by atoms with E-state index in [1.807, 2.05) is 0 Å². The van der Waals surface area contributed by atoms with Gasteiger partial charge in [-0.05, 0) is 23.3 Å². The molecule has 0 saturated carbocycles. The highest BCUT2D eigenvalue weighted by Gasteiger charge is 2.52. The van der Waals surface area contributed by atoms with Gasteiger partial charge in [-0.25, -0.2) is 4.79 Å². The summed E-state index contributed by atoms with van der Waals surface area (Å²) in [6.07, 6.45) is -0.0114. The maximum absolute atomic E-state index is 14.9. The van der Waals surface area contributed by atoms with E-state index < -0.39 is 42.1 Å². The average Bonchev–Trinajstić information content (AvgIpc) is 3.49. The van der Waals surface area contributed by atoms with E-state index in [-0.39, 0.29) is 29.7 Å². The monoisotopic (exact) mass is 458 g/mol. The maximum Gasteiger partial charge on any atom is 0.326 e. The fraction of sp³-hybridized carbons (Fsp3) is 0.348. The minimum atomic E-state index is -3.24. The van der Waals surface area contributed by atoms with Gasteiger partial charge in [0.2, 0.25) is 5.91 Å². The van der Waals surface area contributed by atoms with E-state index in [0.717, 1.165) is 11.0 Å². The molecule has 2 amide bonds. The Kier molecular flexibility index (Phi) is 4.95. The number of carbonyl (C=O) groups is 3. The molecule has 1 aliphatic carbocycles. The molecular formula is C23H20F2N2O6. The number of carboxylic acid groups (broad SMARTS) is 1. The van der Waals surface area contributed by atoms with Crippen LogP contribution in [0.15, 0.2) is 42.5 Å². The number of aliphatic carboxylic acids is 1. The number of fused-ring (bicyclic) bond motifs is 3. The zero-order chi connectivity index (χ0) is 23.4. The molecule has 0 bridgehead atoms. The van der Waals surface area contributed by atoms with Crippen LogP contribution in [-0.2, 0) is 25.0 Å². The van der Waals surface area contributed by atoms with E-state index in [0.29, 0.717) is 24.3 Å². The van der Waals surface area contributed by atoms with Gasteiger partial charge in [0.25, 0.3) is 11.8 Å². The summed E-state index contributed by atoms with van der Waals surface area (Å²) in [5.41, 5.74) is 0.353. The summed E-state index contributed by atoms with van der Waals surface area (Å²) in [7, 11) is 0. The number of hydrogen-bond acceptors (Lipinski definition) is 5. The van der Waals surface area contributed by atoms with E-state index in [4.69, 9.17) is 9.47 Å². The third kappa shape index (κ3) is 3.46. The summed E-state index contributed by atoms with van der Waals surface area (Å²) in [6.45, 7) is 0.0459. The van der Waals surface area contributed by atoms with Crippen molar-refractivity contribution in [3.8, 4) is 11.1 Å².